The molecule has 2 aliphatic rings. The number of benzene rings is 2. The standard InChI is InChI=1S/C23H22FN3O2/c1-14-5-3-4-6-18(14)22-20-13-26(11-17(20)12-27(22)15(2)28)23(29)19-8-7-16(10-25)9-21(19)24/h3-9,17,20,22H,11-13H2,1-2H3/t17-,20-,22+/m1/s1. The molecule has 0 aliphatic carbocycles. The van der Waals surface area contributed by atoms with Crippen molar-refractivity contribution >= 4 is 11.8 Å². The number of rotatable bonds is 2. The molecule has 5 nitrogen and oxygen atoms in total. The molecule has 2 heterocycles. The van der Waals surface area contributed by atoms with Crippen LogP contribution in [0.3, 0.4) is 0 Å². The number of likely N-dealkylation sites (tertiary alicyclic amines) is 2. The van der Waals surface area contributed by atoms with Crippen LogP contribution < -0.4 is 0 Å². The van der Waals surface area contributed by atoms with E-state index in [1.807, 2.05) is 42.2 Å². The fourth-order valence-electron chi connectivity index (χ4n) is 4.78. The van der Waals surface area contributed by atoms with Crippen LogP contribution in [0.5, 0.6) is 0 Å². The lowest BCUT2D eigenvalue weighted by Gasteiger charge is -2.30. The summed E-state index contributed by atoms with van der Waals surface area (Å²) >= 11 is 0. The Morgan fingerprint density at radius 1 is 1.14 bits per heavy atom. The molecule has 3 atom stereocenters. The van der Waals surface area contributed by atoms with E-state index in [1.165, 1.54) is 12.1 Å². The summed E-state index contributed by atoms with van der Waals surface area (Å²) in [6.07, 6.45) is 0. The van der Waals surface area contributed by atoms with Gasteiger partial charge in [0.25, 0.3) is 5.91 Å². The number of nitriles is 1. The number of hydrogen-bond donors (Lipinski definition) is 0. The largest absolute Gasteiger partial charge is 0.338 e. The minimum Gasteiger partial charge on any atom is -0.338 e. The van der Waals surface area contributed by atoms with E-state index in [4.69, 9.17) is 5.26 Å². The zero-order valence-corrected chi connectivity index (χ0v) is 16.4. The third-order valence-corrected chi connectivity index (χ3v) is 6.19. The molecule has 0 radical (unpaired) electrons. The van der Waals surface area contributed by atoms with Crippen LogP contribution in [-0.2, 0) is 4.79 Å². The molecule has 6 heteroatoms. The van der Waals surface area contributed by atoms with Gasteiger partial charge in [-0.1, -0.05) is 24.3 Å². The highest BCUT2D eigenvalue weighted by molar-refractivity contribution is 5.95. The number of aryl methyl sites for hydroxylation is 1. The highest BCUT2D eigenvalue weighted by Gasteiger charge is 2.49. The first-order valence-electron chi connectivity index (χ1n) is 9.72. The van der Waals surface area contributed by atoms with Crippen molar-refractivity contribution < 1.29 is 14.0 Å². The fraction of sp³-hybridized carbons (Fsp3) is 0.348. The SMILES string of the molecule is CC(=O)N1C[C@H]2CN(C(=O)c3ccc(C#N)cc3F)C[C@H]2[C@@H]1c1ccccc1C. The van der Waals surface area contributed by atoms with Gasteiger partial charge in [0.1, 0.15) is 5.82 Å². The Morgan fingerprint density at radius 3 is 2.55 bits per heavy atom. The smallest absolute Gasteiger partial charge is 0.256 e. The highest BCUT2D eigenvalue weighted by Crippen LogP contribution is 2.46. The van der Waals surface area contributed by atoms with Crippen molar-refractivity contribution in [2.24, 2.45) is 11.8 Å². The van der Waals surface area contributed by atoms with Crippen molar-refractivity contribution in [3.63, 3.8) is 0 Å². The number of amides is 2. The van der Waals surface area contributed by atoms with Crippen LogP contribution >= 0.6 is 0 Å². The molecule has 0 unspecified atom stereocenters. The summed E-state index contributed by atoms with van der Waals surface area (Å²) < 4.78 is 14.3. The lowest BCUT2D eigenvalue weighted by Crippen LogP contribution is -2.37. The lowest BCUT2D eigenvalue weighted by molar-refractivity contribution is -0.130. The van der Waals surface area contributed by atoms with Crippen molar-refractivity contribution in [3.05, 3.63) is 70.5 Å². The van der Waals surface area contributed by atoms with Crippen LogP contribution in [0.15, 0.2) is 42.5 Å². The fourth-order valence-corrected chi connectivity index (χ4v) is 4.78. The Kier molecular flexibility index (Phi) is 4.83. The monoisotopic (exact) mass is 391 g/mol. The molecule has 2 saturated heterocycles. The summed E-state index contributed by atoms with van der Waals surface area (Å²) in [6, 6.07) is 13.8. The van der Waals surface area contributed by atoms with Crippen LogP contribution in [0.25, 0.3) is 0 Å². The van der Waals surface area contributed by atoms with Gasteiger partial charge in [0.2, 0.25) is 5.91 Å². The molecule has 2 aliphatic heterocycles. The van der Waals surface area contributed by atoms with Crippen molar-refractivity contribution in [2.75, 3.05) is 19.6 Å². The first kappa shape index (κ1) is 19.1. The van der Waals surface area contributed by atoms with Crippen LogP contribution in [0.2, 0.25) is 0 Å². The van der Waals surface area contributed by atoms with Crippen molar-refractivity contribution in [2.45, 2.75) is 19.9 Å². The van der Waals surface area contributed by atoms with Gasteiger partial charge in [-0.05, 0) is 36.2 Å². The van der Waals surface area contributed by atoms with Crippen molar-refractivity contribution in [1.82, 2.24) is 9.80 Å². The molecule has 0 spiro atoms. The average molecular weight is 391 g/mol. The van der Waals surface area contributed by atoms with Crippen LogP contribution in [0.1, 0.15) is 40.0 Å². The molecular weight excluding hydrogens is 369 g/mol. The van der Waals surface area contributed by atoms with E-state index in [0.717, 1.165) is 17.2 Å². The summed E-state index contributed by atoms with van der Waals surface area (Å²) in [7, 11) is 0. The summed E-state index contributed by atoms with van der Waals surface area (Å²) in [4.78, 5) is 28.8. The molecule has 0 bridgehead atoms. The minimum absolute atomic E-state index is 0.0140. The van der Waals surface area contributed by atoms with E-state index in [9.17, 15) is 14.0 Å². The zero-order valence-electron chi connectivity index (χ0n) is 16.4. The summed E-state index contributed by atoms with van der Waals surface area (Å²) in [5.41, 5.74) is 2.40. The Bertz CT molecular complexity index is 1030. The Hall–Kier alpha value is -3.20. The van der Waals surface area contributed by atoms with E-state index in [2.05, 4.69) is 0 Å². The number of halogens is 1. The van der Waals surface area contributed by atoms with Crippen LogP contribution in [0, 0.1) is 35.9 Å². The van der Waals surface area contributed by atoms with E-state index < -0.39 is 5.82 Å². The van der Waals surface area contributed by atoms with Gasteiger partial charge in [-0.2, -0.15) is 5.26 Å². The maximum Gasteiger partial charge on any atom is 0.256 e. The Labute approximate surface area is 169 Å². The van der Waals surface area contributed by atoms with E-state index in [0.29, 0.717) is 19.6 Å². The molecule has 4 rings (SSSR count). The highest BCUT2D eigenvalue weighted by atomic mass is 19.1. The van der Waals surface area contributed by atoms with Gasteiger partial charge in [-0.15, -0.1) is 0 Å². The number of carbonyl (C=O) groups is 2. The minimum atomic E-state index is -0.674. The maximum atomic E-state index is 14.3. The van der Waals surface area contributed by atoms with Crippen LogP contribution in [-0.4, -0.2) is 41.2 Å². The predicted octanol–water partition coefficient (Wildman–Crippen LogP) is 3.30. The number of hydrogen-bond acceptors (Lipinski definition) is 3. The van der Waals surface area contributed by atoms with Gasteiger partial charge < -0.3 is 9.80 Å². The van der Waals surface area contributed by atoms with Crippen LogP contribution in [0.4, 0.5) is 4.39 Å². The number of carbonyl (C=O) groups excluding carboxylic acids is 2. The van der Waals surface area contributed by atoms with Gasteiger partial charge in [0.05, 0.1) is 23.2 Å². The van der Waals surface area contributed by atoms with Crippen molar-refractivity contribution in [1.29, 1.82) is 5.26 Å². The molecule has 148 valence electrons. The quantitative estimate of drug-likeness (QED) is 0.789. The summed E-state index contributed by atoms with van der Waals surface area (Å²) in [6.45, 7) is 5.19. The van der Waals surface area contributed by atoms with E-state index >= 15 is 0 Å². The third kappa shape index (κ3) is 3.27. The molecule has 2 aromatic carbocycles. The summed E-state index contributed by atoms with van der Waals surface area (Å²) in [5, 5.41) is 8.90. The number of nitrogens with zero attached hydrogens (tertiary/aromatic N) is 3. The van der Waals surface area contributed by atoms with Gasteiger partial charge in [0.15, 0.2) is 0 Å². The van der Waals surface area contributed by atoms with Gasteiger partial charge in [0, 0.05) is 38.4 Å². The molecule has 2 fully saturated rings. The first-order chi connectivity index (χ1) is 13.9. The molecule has 0 saturated carbocycles. The van der Waals surface area contributed by atoms with Crippen molar-refractivity contribution in [3.8, 4) is 6.07 Å². The average Bonchev–Trinajstić information content (AvgIpc) is 3.26. The second-order valence-corrected chi connectivity index (χ2v) is 7.91. The van der Waals surface area contributed by atoms with Gasteiger partial charge in [-0.25, -0.2) is 4.39 Å². The lowest BCUT2D eigenvalue weighted by atomic mass is 9.87. The Balaban J connectivity index is 1.61. The normalized spacial score (nSPS) is 23.0. The zero-order chi connectivity index (χ0) is 20.7. The van der Waals surface area contributed by atoms with E-state index in [1.54, 1.807) is 11.8 Å². The predicted molar refractivity (Wildman–Crippen MR) is 105 cm³/mol. The third-order valence-electron chi connectivity index (χ3n) is 6.19. The second kappa shape index (κ2) is 7.32. The summed E-state index contributed by atoms with van der Waals surface area (Å²) in [5.74, 6) is -0.728. The maximum absolute atomic E-state index is 14.3. The molecular formula is C23H22FN3O2. The molecule has 2 amide bonds. The Morgan fingerprint density at radius 2 is 1.90 bits per heavy atom. The van der Waals surface area contributed by atoms with Gasteiger partial charge in [-0.3, -0.25) is 9.59 Å². The molecule has 0 aromatic heterocycles. The number of fused-ring (bicyclic) bond motifs is 1. The molecule has 0 N–H and O–H groups in total. The second-order valence-electron chi connectivity index (χ2n) is 7.91. The molecule has 2 aromatic rings. The van der Waals surface area contributed by atoms with E-state index in [-0.39, 0.29) is 40.8 Å². The van der Waals surface area contributed by atoms with Gasteiger partial charge >= 0.3 is 0 Å². The first-order valence-corrected chi connectivity index (χ1v) is 9.72. The topological polar surface area (TPSA) is 64.4 Å². The molecule has 29 heavy (non-hydrogen) atoms.